The minimum absolute atomic E-state index is 0.819. The number of hydrogen-bond acceptors (Lipinski definition) is 3. The van der Waals surface area contributed by atoms with Gasteiger partial charge in [0, 0.05) is 19.3 Å². The minimum Gasteiger partial charge on any atom is -0.378 e. The fourth-order valence-corrected chi connectivity index (χ4v) is 2.54. The van der Waals surface area contributed by atoms with Gasteiger partial charge >= 0.3 is 0 Å². The number of nitrogens with zero attached hydrogens (tertiary/aromatic N) is 3. The minimum atomic E-state index is -1.28. The van der Waals surface area contributed by atoms with Gasteiger partial charge in [0.25, 0.3) is 0 Å². The number of ether oxygens (including phenoxy) is 1. The molecule has 1 aliphatic rings. The first kappa shape index (κ1) is 10.7. The predicted molar refractivity (Wildman–Crippen MR) is 64.0 cm³/mol. The molecule has 84 valence electrons. The third-order valence-electron chi connectivity index (χ3n) is 2.68. The molecule has 0 spiro atoms. The van der Waals surface area contributed by atoms with Crippen molar-refractivity contribution in [1.29, 1.82) is 0 Å². The summed E-state index contributed by atoms with van der Waals surface area (Å²) in [5.74, 6) is 1.10. The van der Waals surface area contributed by atoms with Crippen molar-refractivity contribution < 1.29 is 4.74 Å². The van der Waals surface area contributed by atoms with Crippen LogP contribution in [0.3, 0.4) is 0 Å². The highest BCUT2D eigenvalue weighted by atomic mass is 28.3. The zero-order chi connectivity index (χ0) is 10.9. The molecule has 1 aromatic rings. The summed E-state index contributed by atoms with van der Waals surface area (Å²) in [4.78, 5) is 6.77. The van der Waals surface area contributed by atoms with Gasteiger partial charge in [0.2, 0.25) is 0 Å². The average Bonchev–Trinajstić information content (AvgIpc) is 2.67. The molecule has 0 aliphatic carbocycles. The molecule has 0 unspecified atom stereocenters. The maximum Gasteiger partial charge on any atom is 0.154 e. The van der Waals surface area contributed by atoms with Gasteiger partial charge in [-0.15, -0.1) is 0 Å². The molecule has 0 radical (unpaired) electrons. The fraction of sp³-hybridized carbons (Fsp3) is 0.700. The number of imidazole rings is 1. The standard InChI is InChI=1S/C10H19N3OSi/c1-15(2,3)13-8-10(11-9-13)12-4-6-14-7-5-12/h8-9H,4-7H2,1-3H3. The summed E-state index contributed by atoms with van der Waals surface area (Å²) in [6, 6.07) is 0. The van der Waals surface area contributed by atoms with Crippen LogP contribution in [-0.2, 0) is 4.74 Å². The maximum atomic E-state index is 5.33. The lowest BCUT2D eigenvalue weighted by Crippen LogP contribution is -2.36. The van der Waals surface area contributed by atoms with E-state index < -0.39 is 8.24 Å². The van der Waals surface area contributed by atoms with E-state index in [0.29, 0.717) is 0 Å². The van der Waals surface area contributed by atoms with Crippen LogP contribution in [0, 0.1) is 0 Å². The Kier molecular flexibility index (Phi) is 2.84. The smallest absolute Gasteiger partial charge is 0.154 e. The number of aromatic nitrogens is 2. The van der Waals surface area contributed by atoms with E-state index in [1.165, 1.54) is 0 Å². The zero-order valence-corrected chi connectivity index (χ0v) is 10.7. The summed E-state index contributed by atoms with van der Waals surface area (Å²) in [6.07, 6.45) is 4.15. The molecular weight excluding hydrogens is 206 g/mol. The van der Waals surface area contributed by atoms with Gasteiger partial charge in [-0.1, -0.05) is 19.6 Å². The number of rotatable bonds is 2. The van der Waals surface area contributed by atoms with Gasteiger partial charge in [-0.25, -0.2) is 4.98 Å². The fourth-order valence-electron chi connectivity index (χ4n) is 1.64. The van der Waals surface area contributed by atoms with Crippen molar-refractivity contribution in [2.75, 3.05) is 31.2 Å². The molecule has 1 aliphatic heterocycles. The zero-order valence-electron chi connectivity index (χ0n) is 9.73. The molecule has 0 N–H and O–H groups in total. The van der Waals surface area contributed by atoms with Gasteiger partial charge in [-0.3, -0.25) is 0 Å². The van der Waals surface area contributed by atoms with E-state index >= 15 is 0 Å². The summed E-state index contributed by atoms with van der Waals surface area (Å²) in [7, 11) is -1.28. The lowest BCUT2D eigenvalue weighted by atomic mass is 10.4. The Morgan fingerprint density at radius 1 is 1.27 bits per heavy atom. The first-order chi connectivity index (χ1) is 7.07. The molecule has 2 rings (SSSR count). The lowest BCUT2D eigenvalue weighted by molar-refractivity contribution is 0.122. The van der Waals surface area contributed by atoms with Gasteiger partial charge in [-0.05, 0) is 0 Å². The van der Waals surface area contributed by atoms with E-state index in [2.05, 4.69) is 40.0 Å². The molecule has 2 heterocycles. The molecule has 5 heteroatoms. The monoisotopic (exact) mass is 225 g/mol. The van der Waals surface area contributed by atoms with E-state index in [0.717, 1.165) is 32.1 Å². The van der Waals surface area contributed by atoms with Crippen molar-refractivity contribution in [1.82, 2.24) is 9.22 Å². The first-order valence-corrected chi connectivity index (χ1v) is 8.89. The van der Waals surface area contributed by atoms with E-state index in [9.17, 15) is 0 Å². The molecular formula is C10H19N3OSi. The highest BCUT2D eigenvalue weighted by Gasteiger charge is 2.19. The third kappa shape index (κ3) is 2.41. The van der Waals surface area contributed by atoms with Gasteiger partial charge in [-0.2, -0.15) is 0 Å². The molecule has 0 amide bonds. The van der Waals surface area contributed by atoms with E-state index in [1.54, 1.807) is 0 Å². The van der Waals surface area contributed by atoms with Crippen LogP contribution in [0.1, 0.15) is 0 Å². The Labute approximate surface area is 92.0 Å². The molecule has 0 saturated carbocycles. The second kappa shape index (κ2) is 3.98. The van der Waals surface area contributed by atoms with Gasteiger partial charge in [0.15, 0.2) is 8.24 Å². The van der Waals surface area contributed by atoms with Crippen LogP contribution >= 0.6 is 0 Å². The van der Waals surface area contributed by atoms with Crippen LogP contribution in [0.15, 0.2) is 12.5 Å². The summed E-state index contributed by atoms with van der Waals surface area (Å²) in [5.41, 5.74) is 0. The molecule has 1 aromatic heterocycles. The molecule has 0 aromatic carbocycles. The highest BCUT2D eigenvalue weighted by Crippen LogP contribution is 2.15. The topological polar surface area (TPSA) is 30.3 Å². The predicted octanol–water partition coefficient (Wildman–Crippen LogP) is 1.40. The average molecular weight is 225 g/mol. The second-order valence-corrected chi connectivity index (χ2v) is 9.77. The number of anilines is 1. The van der Waals surface area contributed by atoms with Crippen LogP contribution in [0.4, 0.5) is 5.82 Å². The van der Waals surface area contributed by atoms with Gasteiger partial charge < -0.3 is 13.9 Å². The summed E-state index contributed by atoms with van der Waals surface area (Å²) < 4.78 is 7.62. The maximum absolute atomic E-state index is 5.33. The van der Waals surface area contributed by atoms with Crippen molar-refractivity contribution in [2.24, 2.45) is 0 Å². The highest BCUT2D eigenvalue weighted by molar-refractivity contribution is 6.74. The van der Waals surface area contributed by atoms with Crippen molar-refractivity contribution in [3.63, 3.8) is 0 Å². The molecule has 1 fully saturated rings. The molecule has 1 saturated heterocycles. The molecule has 0 bridgehead atoms. The van der Waals surface area contributed by atoms with E-state index in [-0.39, 0.29) is 0 Å². The first-order valence-electron chi connectivity index (χ1n) is 5.44. The SMILES string of the molecule is C[Si](C)(C)n1cnc(N2CCOCC2)c1. The lowest BCUT2D eigenvalue weighted by Gasteiger charge is -2.26. The number of morpholine rings is 1. The van der Waals surface area contributed by atoms with Crippen molar-refractivity contribution in [2.45, 2.75) is 19.6 Å². The van der Waals surface area contributed by atoms with Crippen LogP contribution in [0.2, 0.25) is 19.6 Å². The number of hydrogen-bond donors (Lipinski definition) is 0. The molecule has 0 atom stereocenters. The largest absolute Gasteiger partial charge is 0.378 e. The molecule has 15 heavy (non-hydrogen) atoms. The summed E-state index contributed by atoms with van der Waals surface area (Å²) >= 11 is 0. The third-order valence-corrected chi connectivity index (χ3v) is 4.47. The van der Waals surface area contributed by atoms with Crippen LogP contribution in [0.25, 0.3) is 0 Å². The summed E-state index contributed by atoms with van der Waals surface area (Å²) in [5, 5.41) is 0. The molecule has 4 nitrogen and oxygen atoms in total. The second-order valence-electron chi connectivity index (χ2n) is 4.91. The van der Waals surface area contributed by atoms with Crippen molar-refractivity contribution in [3.05, 3.63) is 12.5 Å². The van der Waals surface area contributed by atoms with Crippen LogP contribution in [0.5, 0.6) is 0 Å². The van der Waals surface area contributed by atoms with E-state index in [4.69, 9.17) is 4.74 Å². The van der Waals surface area contributed by atoms with Crippen molar-refractivity contribution >= 4 is 14.1 Å². The normalized spacial score (nSPS) is 18.2. The van der Waals surface area contributed by atoms with Gasteiger partial charge in [0.1, 0.15) is 5.82 Å². The quantitative estimate of drug-likeness (QED) is 0.713. The summed E-state index contributed by atoms with van der Waals surface area (Å²) in [6.45, 7) is 10.5. The van der Waals surface area contributed by atoms with E-state index in [1.807, 2.05) is 6.33 Å². The Morgan fingerprint density at radius 3 is 2.47 bits per heavy atom. The Hall–Kier alpha value is -0.813. The van der Waals surface area contributed by atoms with Crippen LogP contribution in [-0.4, -0.2) is 43.8 Å². The van der Waals surface area contributed by atoms with Crippen LogP contribution < -0.4 is 4.90 Å². The Bertz CT molecular complexity index is 326. The van der Waals surface area contributed by atoms with Crippen molar-refractivity contribution in [3.8, 4) is 0 Å². The Morgan fingerprint density at radius 2 is 1.93 bits per heavy atom. The Balaban J connectivity index is 2.12. The van der Waals surface area contributed by atoms with Gasteiger partial charge in [0.05, 0.1) is 19.5 Å².